The van der Waals surface area contributed by atoms with Crippen molar-refractivity contribution < 1.29 is 4.74 Å². The lowest BCUT2D eigenvalue weighted by Gasteiger charge is -2.29. The van der Waals surface area contributed by atoms with Crippen LogP contribution in [0.25, 0.3) is 0 Å². The average molecular weight is 235 g/mol. The highest BCUT2D eigenvalue weighted by atomic mass is 16.5. The topological polar surface area (TPSA) is 47.0 Å². The molecule has 0 aliphatic carbocycles. The summed E-state index contributed by atoms with van der Waals surface area (Å²) in [5.74, 6) is 0.906. The Morgan fingerprint density at radius 1 is 1.53 bits per heavy atom. The summed E-state index contributed by atoms with van der Waals surface area (Å²) in [7, 11) is 0. The second-order valence-corrected chi connectivity index (χ2v) is 4.95. The van der Waals surface area contributed by atoms with Crippen molar-refractivity contribution in [2.75, 3.05) is 11.9 Å². The van der Waals surface area contributed by atoms with E-state index in [1.165, 1.54) is 0 Å². The number of aryl methyl sites for hydroxylation is 1. The highest BCUT2D eigenvalue weighted by Gasteiger charge is 2.37. The summed E-state index contributed by atoms with van der Waals surface area (Å²) in [5.41, 5.74) is 1.08. The van der Waals surface area contributed by atoms with Gasteiger partial charge in [-0.15, -0.1) is 0 Å². The van der Waals surface area contributed by atoms with Crippen LogP contribution in [0.3, 0.4) is 0 Å². The quantitative estimate of drug-likeness (QED) is 0.870. The summed E-state index contributed by atoms with van der Waals surface area (Å²) in [6, 6.07) is 2.04. The number of rotatable bonds is 4. The van der Waals surface area contributed by atoms with Gasteiger partial charge in [-0.3, -0.25) is 0 Å². The van der Waals surface area contributed by atoms with Gasteiger partial charge < -0.3 is 10.1 Å². The van der Waals surface area contributed by atoms with Crippen molar-refractivity contribution in [3.8, 4) is 0 Å². The van der Waals surface area contributed by atoms with E-state index in [0.29, 0.717) is 0 Å². The molecule has 2 heterocycles. The Labute approximate surface area is 103 Å². The fourth-order valence-electron chi connectivity index (χ4n) is 2.15. The summed E-state index contributed by atoms with van der Waals surface area (Å²) in [4.78, 5) is 8.55. The van der Waals surface area contributed by atoms with Crippen LogP contribution < -0.4 is 5.32 Å². The third-order valence-corrected chi connectivity index (χ3v) is 3.53. The zero-order chi connectivity index (χ0) is 12.3. The van der Waals surface area contributed by atoms with Crippen molar-refractivity contribution in [1.29, 1.82) is 0 Å². The van der Waals surface area contributed by atoms with Crippen molar-refractivity contribution in [2.24, 2.45) is 0 Å². The number of nitrogens with one attached hydrogen (secondary N) is 1. The molecule has 2 rings (SSSR count). The molecule has 2 atom stereocenters. The molecule has 1 aromatic heterocycles. The van der Waals surface area contributed by atoms with Gasteiger partial charge in [0.15, 0.2) is 0 Å². The molecule has 0 spiro atoms. The van der Waals surface area contributed by atoms with Crippen molar-refractivity contribution in [1.82, 2.24) is 9.97 Å². The molecule has 0 bridgehead atoms. The largest absolute Gasteiger partial charge is 0.376 e. The number of hydrogen-bond acceptors (Lipinski definition) is 4. The maximum atomic E-state index is 5.61. The maximum Gasteiger partial charge on any atom is 0.130 e. The van der Waals surface area contributed by atoms with Crippen LogP contribution in [0.4, 0.5) is 5.82 Å². The lowest BCUT2D eigenvalue weighted by molar-refractivity contribution is 0.105. The summed E-state index contributed by atoms with van der Waals surface area (Å²) in [5, 5.41) is 3.49. The molecule has 1 fully saturated rings. The molecule has 0 saturated carbocycles. The highest BCUT2D eigenvalue weighted by molar-refractivity contribution is 5.39. The van der Waals surface area contributed by atoms with Gasteiger partial charge in [0.25, 0.3) is 0 Å². The second-order valence-electron chi connectivity index (χ2n) is 4.95. The predicted octanol–water partition coefficient (Wildman–Crippen LogP) is 2.41. The van der Waals surface area contributed by atoms with Gasteiger partial charge in [0.2, 0.25) is 0 Å². The van der Waals surface area contributed by atoms with Crippen LogP contribution in [-0.2, 0) is 11.2 Å². The third-order valence-electron chi connectivity index (χ3n) is 3.53. The van der Waals surface area contributed by atoms with Crippen molar-refractivity contribution in [3.63, 3.8) is 0 Å². The Balaban J connectivity index is 2.10. The molecular formula is C13H21N3O. The Kier molecular flexibility index (Phi) is 3.62. The lowest BCUT2D eigenvalue weighted by atomic mass is 9.95. The number of ether oxygens (including phenoxy) is 1. The normalized spacial score (nSPS) is 28.3. The van der Waals surface area contributed by atoms with Crippen LogP contribution in [0.1, 0.15) is 39.3 Å². The smallest absolute Gasteiger partial charge is 0.130 e. The maximum absolute atomic E-state index is 5.61. The first-order valence-electron chi connectivity index (χ1n) is 6.35. The van der Waals surface area contributed by atoms with E-state index in [0.717, 1.165) is 37.4 Å². The van der Waals surface area contributed by atoms with E-state index in [1.54, 1.807) is 6.33 Å². The molecule has 94 valence electrons. The monoisotopic (exact) mass is 235 g/mol. The molecule has 0 radical (unpaired) electrons. The van der Waals surface area contributed by atoms with E-state index in [-0.39, 0.29) is 11.6 Å². The Bertz CT molecular complexity index is 383. The molecule has 4 nitrogen and oxygen atoms in total. The van der Waals surface area contributed by atoms with Gasteiger partial charge >= 0.3 is 0 Å². The fourth-order valence-corrected chi connectivity index (χ4v) is 2.15. The van der Waals surface area contributed by atoms with Crippen molar-refractivity contribution in [2.45, 2.75) is 51.7 Å². The zero-order valence-corrected chi connectivity index (χ0v) is 10.9. The minimum atomic E-state index is -0.0160. The summed E-state index contributed by atoms with van der Waals surface area (Å²) >= 11 is 0. The van der Waals surface area contributed by atoms with Crippen LogP contribution >= 0.6 is 0 Å². The van der Waals surface area contributed by atoms with Crippen molar-refractivity contribution >= 4 is 5.82 Å². The molecule has 1 N–H and O–H groups in total. The number of aromatic nitrogens is 2. The first kappa shape index (κ1) is 12.3. The second kappa shape index (κ2) is 5.00. The van der Waals surface area contributed by atoms with Gasteiger partial charge in [-0.05, 0) is 26.7 Å². The first-order chi connectivity index (χ1) is 8.14. The van der Waals surface area contributed by atoms with E-state index in [9.17, 15) is 0 Å². The predicted molar refractivity (Wildman–Crippen MR) is 68.1 cm³/mol. The van der Waals surface area contributed by atoms with Crippen LogP contribution in [0.5, 0.6) is 0 Å². The summed E-state index contributed by atoms with van der Waals surface area (Å²) in [6.07, 6.45) is 4.97. The molecule has 1 saturated heterocycles. The average Bonchev–Trinajstić information content (AvgIpc) is 2.60. The minimum Gasteiger partial charge on any atom is -0.376 e. The number of hydrogen-bond donors (Lipinski definition) is 1. The lowest BCUT2D eigenvalue weighted by Crippen LogP contribution is -2.41. The van der Waals surface area contributed by atoms with Gasteiger partial charge in [-0.1, -0.05) is 13.3 Å². The van der Waals surface area contributed by atoms with Crippen LogP contribution in [0.15, 0.2) is 12.4 Å². The minimum absolute atomic E-state index is 0.0160. The number of anilines is 1. The molecule has 1 aliphatic heterocycles. The van der Waals surface area contributed by atoms with Crippen molar-refractivity contribution in [3.05, 3.63) is 18.1 Å². The van der Waals surface area contributed by atoms with E-state index < -0.39 is 0 Å². The van der Waals surface area contributed by atoms with Crippen LogP contribution in [-0.4, -0.2) is 28.2 Å². The van der Waals surface area contributed by atoms with E-state index >= 15 is 0 Å². The Hall–Kier alpha value is -1.16. The standard InChI is InChI=1S/C13H21N3O/c1-4-5-11-8-12(15-9-14-11)16-13(3)6-7-17-10(13)2/h8-10H,4-7H2,1-3H3,(H,14,15,16). The fraction of sp³-hybridized carbons (Fsp3) is 0.692. The van der Waals surface area contributed by atoms with Gasteiger partial charge in [0.05, 0.1) is 11.6 Å². The first-order valence-corrected chi connectivity index (χ1v) is 6.35. The van der Waals surface area contributed by atoms with Crippen LogP contribution in [0.2, 0.25) is 0 Å². The van der Waals surface area contributed by atoms with E-state index in [2.05, 4.69) is 36.1 Å². The molecule has 0 amide bonds. The SMILES string of the molecule is CCCc1cc(NC2(C)CCOC2C)ncn1. The zero-order valence-electron chi connectivity index (χ0n) is 10.9. The van der Waals surface area contributed by atoms with Gasteiger partial charge in [-0.25, -0.2) is 9.97 Å². The molecular weight excluding hydrogens is 214 g/mol. The van der Waals surface area contributed by atoms with Gasteiger partial charge in [-0.2, -0.15) is 0 Å². The van der Waals surface area contributed by atoms with Gasteiger partial charge in [0.1, 0.15) is 12.1 Å². The molecule has 17 heavy (non-hydrogen) atoms. The Morgan fingerprint density at radius 2 is 2.35 bits per heavy atom. The Morgan fingerprint density at radius 3 is 3.00 bits per heavy atom. The number of nitrogens with zero attached hydrogens (tertiary/aromatic N) is 2. The summed E-state index contributed by atoms with van der Waals surface area (Å²) in [6.45, 7) is 7.27. The molecule has 4 heteroatoms. The van der Waals surface area contributed by atoms with E-state index in [1.807, 2.05) is 6.07 Å². The van der Waals surface area contributed by atoms with E-state index in [4.69, 9.17) is 4.74 Å². The molecule has 1 aliphatic rings. The third kappa shape index (κ3) is 2.75. The van der Waals surface area contributed by atoms with Crippen LogP contribution in [0, 0.1) is 0 Å². The molecule has 0 aromatic carbocycles. The molecule has 2 unspecified atom stereocenters. The molecule has 1 aromatic rings. The van der Waals surface area contributed by atoms with Gasteiger partial charge in [0, 0.05) is 18.4 Å². The summed E-state index contributed by atoms with van der Waals surface area (Å²) < 4.78 is 5.61. The highest BCUT2D eigenvalue weighted by Crippen LogP contribution is 2.28.